The van der Waals surface area contributed by atoms with Crippen LogP contribution in [-0.4, -0.2) is 13.3 Å². The van der Waals surface area contributed by atoms with Crippen molar-refractivity contribution in [2.24, 2.45) is 0 Å². The minimum atomic E-state index is -2.64. The fraction of sp³-hybridized carbons (Fsp3) is 0.235. The summed E-state index contributed by atoms with van der Waals surface area (Å²) in [7, 11) is 1.20. The van der Waals surface area contributed by atoms with E-state index < -0.39 is 12.6 Å². The molecule has 0 spiro atoms. The lowest BCUT2D eigenvalue weighted by molar-refractivity contribution is 0.120. The van der Waals surface area contributed by atoms with E-state index in [0.717, 1.165) is 9.13 Å². The Hall–Kier alpha value is -1.90. The number of alkyl halides is 2. The summed E-state index contributed by atoms with van der Waals surface area (Å²) in [6.45, 7) is 1.71. The highest BCUT2D eigenvalue weighted by Crippen LogP contribution is 2.32. The number of hydrogen-bond acceptors (Lipinski definition) is 4. The predicted octanol–water partition coefficient (Wildman–Crippen LogP) is 5.26. The van der Waals surface area contributed by atoms with Crippen molar-refractivity contribution in [3.8, 4) is 11.5 Å². The van der Waals surface area contributed by atoms with Gasteiger partial charge in [0, 0.05) is 9.13 Å². The molecule has 0 fully saturated rings. The van der Waals surface area contributed by atoms with Crippen LogP contribution in [0.15, 0.2) is 36.4 Å². The van der Waals surface area contributed by atoms with Gasteiger partial charge in [-0.25, -0.2) is 13.6 Å². The molecule has 2 aromatic rings. The van der Waals surface area contributed by atoms with Gasteiger partial charge in [0.2, 0.25) is 0 Å². The van der Waals surface area contributed by atoms with Crippen LogP contribution >= 0.6 is 22.6 Å². The smallest absolute Gasteiger partial charge is 0.488 e. The third kappa shape index (κ3) is 4.56. The SMILES string of the molecule is COC(=O)Oc1cccc(I)c1COc1ccc(C)cc1C(F)F. The van der Waals surface area contributed by atoms with E-state index in [1.54, 1.807) is 31.2 Å². The Balaban J connectivity index is 2.25. The number of benzene rings is 2. The van der Waals surface area contributed by atoms with Crippen LogP contribution in [0.4, 0.5) is 13.6 Å². The van der Waals surface area contributed by atoms with Crippen LogP contribution in [0.3, 0.4) is 0 Å². The van der Waals surface area contributed by atoms with Gasteiger partial charge in [0.05, 0.1) is 12.7 Å². The van der Waals surface area contributed by atoms with Crippen LogP contribution in [0.5, 0.6) is 11.5 Å². The zero-order valence-electron chi connectivity index (χ0n) is 13.0. The predicted molar refractivity (Wildman–Crippen MR) is 92.7 cm³/mol. The van der Waals surface area contributed by atoms with Gasteiger partial charge in [-0.15, -0.1) is 0 Å². The number of halogens is 3. The topological polar surface area (TPSA) is 44.8 Å². The van der Waals surface area contributed by atoms with Crippen LogP contribution in [0.2, 0.25) is 0 Å². The third-order valence-electron chi connectivity index (χ3n) is 3.21. The lowest BCUT2D eigenvalue weighted by atomic mass is 10.1. The highest BCUT2D eigenvalue weighted by atomic mass is 127. The Morgan fingerprint density at radius 3 is 2.62 bits per heavy atom. The van der Waals surface area contributed by atoms with E-state index in [1.807, 2.05) is 0 Å². The molecule has 24 heavy (non-hydrogen) atoms. The lowest BCUT2D eigenvalue weighted by Crippen LogP contribution is -2.11. The molecule has 4 nitrogen and oxygen atoms in total. The summed E-state index contributed by atoms with van der Waals surface area (Å²) < 4.78 is 42.2. The molecule has 0 aliphatic carbocycles. The van der Waals surface area contributed by atoms with Crippen LogP contribution in [0.25, 0.3) is 0 Å². The van der Waals surface area contributed by atoms with E-state index in [9.17, 15) is 13.6 Å². The van der Waals surface area contributed by atoms with Gasteiger partial charge in [0.1, 0.15) is 18.1 Å². The Labute approximate surface area is 151 Å². The fourth-order valence-electron chi connectivity index (χ4n) is 2.03. The minimum Gasteiger partial charge on any atom is -0.488 e. The second-order valence-corrected chi connectivity index (χ2v) is 6.07. The Kier molecular flexibility index (Phi) is 6.36. The highest BCUT2D eigenvalue weighted by Gasteiger charge is 2.17. The molecule has 0 N–H and O–H groups in total. The maximum atomic E-state index is 13.1. The molecule has 0 aliphatic heterocycles. The van der Waals surface area contributed by atoms with Crippen molar-refractivity contribution in [1.82, 2.24) is 0 Å². The lowest BCUT2D eigenvalue weighted by Gasteiger charge is -2.15. The van der Waals surface area contributed by atoms with E-state index in [0.29, 0.717) is 5.56 Å². The second kappa shape index (κ2) is 8.27. The van der Waals surface area contributed by atoms with Crippen LogP contribution in [0.1, 0.15) is 23.1 Å². The molecule has 0 saturated heterocycles. The molecule has 0 unspecified atom stereocenters. The molecule has 2 aromatic carbocycles. The van der Waals surface area contributed by atoms with Gasteiger partial charge in [0.25, 0.3) is 6.43 Å². The van der Waals surface area contributed by atoms with Gasteiger partial charge < -0.3 is 14.2 Å². The summed E-state index contributed by atoms with van der Waals surface area (Å²) in [4.78, 5) is 11.3. The van der Waals surface area contributed by atoms with Gasteiger partial charge in [-0.1, -0.05) is 17.7 Å². The minimum absolute atomic E-state index is 0.0196. The van der Waals surface area contributed by atoms with Crippen molar-refractivity contribution in [2.75, 3.05) is 7.11 Å². The van der Waals surface area contributed by atoms with E-state index in [2.05, 4.69) is 27.3 Å². The van der Waals surface area contributed by atoms with Gasteiger partial charge in [0.15, 0.2) is 0 Å². The van der Waals surface area contributed by atoms with Crippen molar-refractivity contribution >= 4 is 28.7 Å². The van der Waals surface area contributed by atoms with Crippen LogP contribution in [0, 0.1) is 10.5 Å². The van der Waals surface area contributed by atoms with Gasteiger partial charge in [-0.3, -0.25) is 0 Å². The summed E-state index contributed by atoms with van der Waals surface area (Å²) in [6, 6.07) is 9.69. The third-order valence-corrected chi connectivity index (χ3v) is 4.22. The normalized spacial score (nSPS) is 10.6. The first kappa shape index (κ1) is 18.4. The summed E-state index contributed by atoms with van der Waals surface area (Å²) in [5, 5.41) is 0. The summed E-state index contributed by atoms with van der Waals surface area (Å²) in [5.41, 5.74) is 1.13. The van der Waals surface area contributed by atoms with Crippen molar-refractivity contribution in [2.45, 2.75) is 20.0 Å². The Morgan fingerprint density at radius 1 is 1.21 bits per heavy atom. The van der Waals surface area contributed by atoms with Crippen molar-refractivity contribution < 1.29 is 27.8 Å². The number of methoxy groups -OCH3 is 1. The molecule has 0 amide bonds. The number of ether oxygens (including phenoxy) is 3. The van der Waals surface area contributed by atoms with Crippen molar-refractivity contribution in [3.05, 3.63) is 56.7 Å². The molecule has 0 aromatic heterocycles. The first-order valence-corrected chi connectivity index (χ1v) is 8.05. The molecule has 0 aliphatic rings. The van der Waals surface area contributed by atoms with Crippen molar-refractivity contribution in [1.29, 1.82) is 0 Å². The van der Waals surface area contributed by atoms with E-state index in [4.69, 9.17) is 9.47 Å². The summed E-state index contributed by atoms with van der Waals surface area (Å²) >= 11 is 2.05. The standard InChI is InChI=1S/C17H15F2IO4/c1-10-6-7-14(11(8-10)16(18)19)23-9-12-13(20)4-3-5-15(12)24-17(21)22-2/h3-8,16H,9H2,1-2H3. The monoisotopic (exact) mass is 448 g/mol. The first-order chi connectivity index (χ1) is 11.4. The first-order valence-electron chi connectivity index (χ1n) is 6.97. The Morgan fingerprint density at radius 2 is 1.96 bits per heavy atom. The van der Waals surface area contributed by atoms with Crippen LogP contribution in [-0.2, 0) is 11.3 Å². The molecular formula is C17H15F2IO4. The summed E-state index contributed by atoms with van der Waals surface area (Å²) in [5.74, 6) is 0.360. The number of hydrogen-bond donors (Lipinski definition) is 0. The average Bonchev–Trinajstić information content (AvgIpc) is 2.55. The van der Waals surface area contributed by atoms with E-state index in [1.165, 1.54) is 19.2 Å². The molecule has 7 heteroatoms. The zero-order chi connectivity index (χ0) is 17.7. The van der Waals surface area contributed by atoms with E-state index in [-0.39, 0.29) is 23.7 Å². The van der Waals surface area contributed by atoms with Gasteiger partial charge in [-0.05, 0) is 53.8 Å². The van der Waals surface area contributed by atoms with Gasteiger partial charge >= 0.3 is 6.16 Å². The molecule has 128 valence electrons. The molecule has 0 heterocycles. The average molecular weight is 448 g/mol. The Bertz CT molecular complexity index is 735. The number of carbonyl (C=O) groups excluding carboxylic acids is 1. The number of rotatable bonds is 5. The maximum absolute atomic E-state index is 13.1. The van der Waals surface area contributed by atoms with Gasteiger partial charge in [-0.2, -0.15) is 0 Å². The van der Waals surface area contributed by atoms with E-state index >= 15 is 0 Å². The number of carbonyl (C=O) groups is 1. The fourth-order valence-corrected chi connectivity index (χ4v) is 2.65. The molecule has 0 radical (unpaired) electrons. The highest BCUT2D eigenvalue weighted by molar-refractivity contribution is 14.1. The second-order valence-electron chi connectivity index (χ2n) is 4.90. The largest absolute Gasteiger partial charge is 0.513 e. The molecule has 2 rings (SSSR count). The quantitative estimate of drug-likeness (QED) is 0.356. The molecule has 0 saturated carbocycles. The summed E-state index contributed by atoms with van der Waals surface area (Å²) in [6.07, 6.45) is -3.50. The number of aryl methyl sites for hydroxylation is 1. The molecular weight excluding hydrogens is 433 g/mol. The molecule has 0 atom stereocenters. The molecule has 0 bridgehead atoms. The van der Waals surface area contributed by atoms with Crippen molar-refractivity contribution in [3.63, 3.8) is 0 Å². The zero-order valence-corrected chi connectivity index (χ0v) is 15.2. The van der Waals surface area contributed by atoms with Crippen LogP contribution < -0.4 is 9.47 Å². The maximum Gasteiger partial charge on any atom is 0.513 e.